The van der Waals surface area contributed by atoms with Crippen molar-refractivity contribution in [2.24, 2.45) is 0 Å². The zero-order valence-electron chi connectivity index (χ0n) is 9.79. The average Bonchev–Trinajstić information content (AvgIpc) is 2.28. The van der Waals surface area contributed by atoms with E-state index in [4.69, 9.17) is 4.74 Å². The lowest BCUT2D eigenvalue weighted by molar-refractivity contribution is -0.276. The molecule has 5 nitrogen and oxygen atoms in total. The fourth-order valence-electron chi connectivity index (χ4n) is 1.31. The fourth-order valence-corrected chi connectivity index (χ4v) is 1.31. The van der Waals surface area contributed by atoms with Gasteiger partial charge in [0.1, 0.15) is 5.75 Å². The topological polar surface area (TPSA) is 57.7 Å². The van der Waals surface area contributed by atoms with E-state index in [9.17, 15) is 18.0 Å². The SMILES string of the molecule is COC(=O)c1c(OC(F)(F)F)ncc(C)c1OC. The highest BCUT2D eigenvalue weighted by Gasteiger charge is 2.35. The molecule has 0 saturated carbocycles. The number of methoxy groups -OCH3 is 2. The number of hydrogen-bond donors (Lipinski definition) is 0. The Morgan fingerprint density at radius 3 is 2.39 bits per heavy atom. The molecule has 0 N–H and O–H groups in total. The largest absolute Gasteiger partial charge is 0.574 e. The van der Waals surface area contributed by atoms with Crippen molar-refractivity contribution in [3.63, 3.8) is 0 Å². The molecule has 0 saturated heterocycles. The molecule has 8 heteroatoms. The van der Waals surface area contributed by atoms with Gasteiger partial charge in [0.05, 0.1) is 14.2 Å². The predicted octanol–water partition coefficient (Wildman–Crippen LogP) is 2.08. The van der Waals surface area contributed by atoms with Gasteiger partial charge in [0.15, 0.2) is 5.56 Å². The van der Waals surface area contributed by atoms with E-state index in [2.05, 4.69) is 14.5 Å². The van der Waals surface area contributed by atoms with E-state index in [0.717, 1.165) is 13.3 Å². The first-order valence-corrected chi connectivity index (χ1v) is 4.67. The van der Waals surface area contributed by atoms with Gasteiger partial charge in [0, 0.05) is 11.8 Å². The molecule has 0 unspecified atom stereocenters. The summed E-state index contributed by atoms with van der Waals surface area (Å²) in [7, 11) is 2.24. The molecule has 100 valence electrons. The second-order valence-electron chi connectivity index (χ2n) is 3.19. The highest BCUT2D eigenvalue weighted by Crippen LogP contribution is 2.33. The van der Waals surface area contributed by atoms with Crippen LogP contribution < -0.4 is 9.47 Å². The quantitative estimate of drug-likeness (QED) is 0.783. The zero-order chi connectivity index (χ0) is 13.9. The third-order valence-electron chi connectivity index (χ3n) is 1.98. The van der Waals surface area contributed by atoms with Gasteiger partial charge in [-0.05, 0) is 6.92 Å². The number of carbonyl (C=O) groups excluding carboxylic acids is 1. The maximum Gasteiger partial charge on any atom is 0.574 e. The Labute approximate surface area is 100 Å². The average molecular weight is 265 g/mol. The lowest BCUT2D eigenvalue weighted by atomic mass is 10.2. The normalized spacial score (nSPS) is 11.0. The Hall–Kier alpha value is -1.99. The molecular weight excluding hydrogens is 255 g/mol. The van der Waals surface area contributed by atoms with Crippen LogP contribution in [0.25, 0.3) is 0 Å². The summed E-state index contributed by atoms with van der Waals surface area (Å²) in [6, 6.07) is 0. The number of nitrogens with zero attached hydrogens (tertiary/aromatic N) is 1. The lowest BCUT2D eigenvalue weighted by Crippen LogP contribution is -2.21. The van der Waals surface area contributed by atoms with Crippen LogP contribution in [0.3, 0.4) is 0 Å². The van der Waals surface area contributed by atoms with Crippen molar-refractivity contribution in [3.05, 3.63) is 17.3 Å². The standard InChI is InChI=1S/C10H10F3NO4/c1-5-4-14-8(18-10(11,12)13)6(7(5)16-2)9(15)17-3/h4H,1-3H3. The number of carbonyl (C=O) groups is 1. The minimum absolute atomic E-state index is 0.0731. The second kappa shape index (κ2) is 5.11. The van der Waals surface area contributed by atoms with E-state index in [-0.39, 0.29) is 5.75 Å². The number of rotatable bonds is 3. The second-order valence-corrected chi connectivity index (χ2v) is 3.19. The zero-order valence-corrected chi connectivity index (χ0v) is 9.79. The number of pyridine rings is 1. The van der Waals surface area contributed by atoms with Gasteiger partial charge >= 0.3 is 12.3 Å². The van der Waals surface area contributed by atoms with Gasteiger partial charge in [-0.1, -0.05) is 0 Å². The highest BCUT2D eigenvalue weighted by atomic mass is 19.4. The molecule has 0 atom stereocenters. The van der Waals surface area contributed by atoms with Crippen molar-refractivity contribution in [2.45, 2.75) is 13.3 Å². The van der Waals surface area contributed by atoms with Gasteiger partial charge in [0.2, 0.25) is 5.88 Å². The molecule has 0 spiro atoms. The summed E-state index contributed by atoms with van der Waals surface area (Å²) in [5.41, 5.74) is -0.121. The molecule has 18 heavy (non-hydrogen) atoms. The number of aryl methyl sites for hydroxylation is 1. The fraction of sp³-hybridized carbons (Fsp3) is 0.400. The Kier molecular flexibility index (Phi) is 4.00. The van der Waals surface area contributed by atoms with E-state index in [1.54, 1.807) is 0 Å². The maximum atomic E-state index is 12.2. The van der Waals surface area contributed by atoms with Gasteiger partial charge in [-0.25, -0.2) is 9.78 Å². The van der Waals surface area contributed by atoms with Gasteiger partial charge in [-0.2, -0.15) is 0 Å². The summed E-state index contributed by atoms with van der Waals surface area (Å²) in [5.74, 6) is -2.00. The molecule has 0 aromatic carbocycles. The first kappa shape index (κ1) is 14.1. The minimum atomic E-state index is -4.96. The number of alkyl halides is 3. The predicted molar refractivity (Wildman–Crippen MR) is 53.5 cm³/mol. The lowest BCUT2D eigenvalue weighted by Gasteiger charge is -2.14. The summed E-state index contributed by atoms with van der Waals surface area (Å²) in [4.78, 5) is 14.9. The molecule has 0 amide bonds. The Balaban J connectivity index is 3.38. The molecule has 0 radical (unpaired) electrons. The Morgan fingerprint density at radius 2 is 1.94 bits per heavy atom. The maximum absolute atomic E-state index is 12.2. The first-order chi connectivity index (χ1) is 8.30. The van der Waals surface area contributed by atoms with Crippen LogP contribution in [0.1, 0.15) is 15.9 Å². The molecular formula is C10H10F3NO4. The van der Waals surface area contributed by atoms with Crippen molar-refractivity contribution < 1.29 is 32.2 Å². The Bertz CT molecular complexity index is 459. The van der Waals surface area contributed by atoms with Crippen LogP contribution in [-0.4, -0.2) is 31.5 Å². The van der Waals surface area contributed by atoms with Crippen molar-refractivity contribution in [3.8, 4) is 11.6 Å². The van der Waals surface area contributed by atoms with Gasteiger partial charge < -0.3 is 14.2 Å². The van der Waals surface area contributed by atoms with E-state index >= 15 is 0 Å². The Morgan fingerprint density at radius 1 is 1.33 bits per heavy atom. The van der Waals surface area contributed by atoms with Crippen LogP contribution in [-0.2, 0) is 4.74 Å². The third kappa shape index (κ3) is 3.02. The van der Waals surface area contributed by atoms with Crippen LogP contribution >= 0.6 is 0 Å². The van der Waals surface area contributed by atoms with Gasteiger partial charge in [-0.15, -0.1) is 13.2 Å². The monoisotopic (exact) mass is 265 g/mol. The number of aromatic nitrogens is 1. The van der Waals surface area contributed by atoms with Crippen LogP contribution in [0.15, 0.2) is 6.20 Å². The van der Waals surface area contributed by atoms with Gasteiger partial charge in [0.25, 0.3) is 0 Å². The van der Waals surface area contributed by atoms with Crippen LogP contribution in [0, 0.1) is 6.92 Å². The highest BCUT2D eigenvalue weighted by molar-refractivity contribution is 5.95. The summed E-state index contributed by atoms with van der Waals surface area (Å²) in [6.45, 7) is 1.52. The van der Waals surface area contributed by atoms with Crippen LogP contribution in [0.2, 0.25) is 0 Å². The van der Waals surface area contributed by atoms with Crippen LogP contribution in [0.4, 0.5) is 13.2 Å². The molecule has 1 aromatic rings. The number of halogens is 3. The number of esters is 1. The summed E-state index contributed by atoms with van der Waals surface area (Å²) in [5, 5.41) is 0. The number of hydrogen-bond acceptors (Lipinski definition) is 5. The minimum Gasteiger partial charge on any atom is -0.495 e. The van der Waals surface area contributed by atoms with Crippen molar-refractivity contribution in [1.82, 2.24) is 4.98 Å². The van der Waals surface area contributed by atoms with Crippen LogP contribution in [0.5, 0.6) is 11.6 Å². The van der Waals surface area contributed by atoms with Crippen molar-refractivity contribution in [1.29, 1.82) is 0 Å². The van der Waals surface area contributed by atoms with Gasteiger partial charge in [-0.3, -0.25) is 0 Å². The molecule has 0 aliphatic heterocycles. The van der Waals surface area contributed by atoms with Crippen molar-refractivity contribution >= 4 is 5.97 Å². The molecule has 0 aliphatic rings. The summed E-state index contributed by atoms with van der Waals surface area (Å²) >= 11 is 0. The smallest absolute Gasteiger partial charge is 0.495 e. The number of ether oxygens (including phenoxy) is 3. The molecule has 1 heterocycles. The third-order valence-corrected chi connectivity index (χ3v) is 1.98. The van der Waals surface area contributed by atoms with E-state index in [1.165, 1.54) is 14.0 Å². The molecule has 1 aromatic heterocycles. The van der Waals surface area contributed by atoms with E-state index in [1.807, 2.05) is 0 Å². The first-order valence-electron chi connectivity index (χ1n) is 4.67. The van der Waals surface area contributed by atoms with Crippen molar-refractivity contribution in [2.75, 3.05) is 14.2 Å². The molecule has 0 bridgehead atoms. The molecule has 0 aliphatic carbocycles. The van der Waals surface area contributed by atoms with E-state index in [0.29, 0.717) is 5.56 Å². The molecule has 1 rings (SSSR count). The van der Waals surface area contributed by atoms with E-state index < -0.39 is 23.8 Å². The summed E-state index contributed by atoms with van der Waals surface area (Å²) in [6.07, 6.45) is -3.86. The summed E-state index contributed by atoms with van der Waals surface area (Å²) < 4.78 is 49.4. The molecule has 0 fully saturated rings.